The smallest absolute Gasteiger partial charge is 0.293 e. The lowest BCUT2D eigenvalue weighted by Gasteiger charge is -2.24. The summed E-state index contributed by atoms with van der Waals surface area (Å²) >= 11 is 1.06. The van der Waals surface area contributed by atoms with Crippen LogP contribution in [0.15, 0.2) is 11.0 Å². The Morgan fingerprint density at radius 1 is 1.44 bits per heavy atom. The van der Waals surface area contributed by atoms with Crippen LogP contribution in [0.3, 0.4) is 0 Å². The first-order chi connectivity index (χ1) is 8.61. The number of allylic oxidation sites excluding steroid dienone is 1. The number of nitrogens with zero attached hydrogens (tertiary/aromatic N) is 1. The molecule has 18 heavy (non-hydrogen) atoms. The van der Waals surface area contributed by atoms with Crippen LogP contribution < -0.4 is 5.73 Å². The van der Waals surface area contributed by atoms with Gasteiger partial charge in [-0.15, -0.1) is 0 Å². The second kappa shape index (κ2) is 5.89. The van der Waals surface area contributed by atoms with Crippen LogP contribution in [0, 0.1) is 11.8 Å². The molecular formula is C13H20N2O2S. The molecule has 2 atom stereocenters. The molecule has 0 aromatic carbocycles. The fourth-order valence-corrected chi connectivity index (χ4v) is 3.61. The Morgan fingerprint density at radius 3 is 2.89 bits per heavy atom. The van der Waals surface area contributed by atoms with Crippen molar-refractivity contribution in [3.63, 3.8) is 0 Å². The highest BCUT2D eigenvalue weighted by Crippen LogP contribution is 2.35. The van der Waals surface area contributed by atoms with E-state index in [4.69, 9.17) is 5.73 Å². The number of amides is 2. The molecule has 0 aromatic rings. The molecule has 0 aromatic heterocycles. The SMILES string of the molecule is CC1CCCC(C=C2SC(=O)N(CCN)C2=O)C1. The fourth-order valence-electron chi connectivity index (χ4n) is 2.68. The maximum absolute atomic E-state index is 12.0. The van der Waals surface area contributed by atoms with Gasteiger partial charge in [-0.2, -0.15) is 0 Å². The fraction of sp³-hybridized carbons (Fsp3) is 0.692. The maximum Gasteiger partial charge on any atom is 0.293 e. The number of imide groups is 1. The van der Waals surface area contributed by atoms with Gasteiger partial charge >= 0.3 is 0 Å². The number of thioether (sulfide) groups is 1. The van der Waals surface area contributed by atoms with Gasteiger partial charge in [0.1, 0.15) is 0 Å². The summed E-state index contributed by atoms with van der Waals surface area (Å²) in [7, 11) is 0. The first kappa shape index (κ1) is 13.6. The van der Waals surface area contributed by atoms with Gasteiger partial charge in [0.15, 0.2) is 0 Å². The number of nitrogens with two attached hydrogens (primary N) is 1. The lowest BCUT2D eigenvalue weighted by molar-refractivity contribution is -0.122. The molecule has 1 aliphatic carbocycles. The van der Waals surface area contributed by atoms with E-state index in [0.29, 0.717) is 23.9 Å². The van der Waals surface area contributed by atoms with E-state index in [1.54, 1.807) is 0 Å². The average molecular weight is 268 g/mol. The summed E-state index contributed by atoms with van der Waals surface area (Å²) in [4.78, 5) is 25.5. The predicted octanol–water partition coefficient (Wildman–Crippen LogP) is 2.35. The molecule has 2 amide bonds. The van der Waals surface area contributed by atoms with Gasteiger partial charge in [-0.25, -0.2) is 0 Å². The van der Waals surface area contributed by atoms with Crippen molar-refractivity contribution in [3.8, 4) is 0 Å². The largest absolute Gasteiger partial charge is 0.329 e. The predicted molar refractivity (Wildman–Crippen MR) is 73.0 cm³/mol. The molecule has 2 aliphatic rings. The molecule has 5 heteroatoms. The van der Waals surface area contributed by atoms with Crippen molar-refractivity contribution in [2.24, 2.45) is 17.6 Å². The number of hydrogen-bond acceptors (Lipinski definition) is 4. The lowest BCUT2D eigenvalue weighted by Crippen LogP contribution is -2.33. The topological polar surface area (TPSA) is 63.4 Å². The van der Waals surface area contributed by atoms with Crippen LogP contribution in [0.5, 0.6) is 0 Å². The maximum atomic E-state index is 12.0. The van der Waals surface area contributed by atoms with Crippen molar-refractivity contribution in [3.05, 3.63) is 11.0 Å². The summed E-state index contributed by atoms with van der Waals surface area (Å²) in [6.07, 6.45) is 6.76. The molecule has 0 radical (unpaired) electrons. The van der Waals surface area contributed by atoms with Crippen LogP contribution in [0.2, 0.25) is 0 Å². The molecule has 2 N–H and O–H groups in total. The molecule has 1 saturated carbocycles. The van der Waals surface area contributed by atoms with E-state index in [1.165, 1.54) is 17.7 Å². The molecule has 2 rings (SSSR count). The van der Waals surface area contributed by atoms with E-state index in [1.807, 2.05) is 6.08 Å². The van der Waals surface area contributed by atoms with Crippen LogP contribution in [0.1, 0.15) is 32.6 Å². The van der Waals surface area contributed by atoms with E-state index in [9.17, 15) is 9.59 Å². The molecule has 1 aliphatic heterocycles. The molecule has 100 valence electrons. The minimum atomic E-state index is -0.180. The van der Waals surface area contributed by atoms with Crippen LogP contribution >= 0.6 is 11.8 Å². The standard InChI is InChI=1S/C13H20N2O2S/c1-9-3-2-4-10(7-9)8-11-12(16)15(6-5-14)13(17)18-11/h8-10H,2-7,14H2,1H3. The van der Waals surface area contributed by atoms with Crippen molar-refractivity contribution in [2.45, 2.75) is 32.6 Å². The molecule has 1 heterocycles. The number of rotatable bonds is 3. The zero-order valence-corrected chi connectivity index (χ0v) is 11.5. The van der Waals surface area contributed by atoms with Gasteiger partial charge in [-0.1, -0.05) is 25.8 Å². The second-order valence-electron chi connectivity index (χ2n) is 5.18. The molecular weight excluding hydrogens is 248 g/mol. The summed E-state index contributed by atoms with van der Waals surface area (Å²) in [5.74, 6) is 1.01. The van der Waals surface area contributed by atoms with Crippen molar-refractivity contribution in [1.29, 1.82) is 0 Å². The highest BCUT2D eigenvalue weighted by molar-refractivity contribution is 8.18. The van der Waals surface area contributed by atoms with Crippen molar-refractivity contribution in [2.75, 3.05) is 13.1 Å². The second-order valence-corrected chi connectivity index (χ2v) is 6.17. The molecule has 2 unspecified atom stereocenters. The number of hydrogen-bond donors (Lipinski definition) is 1. The molecule has 1 saturated heterocycles. The van der Waals surface area contributed by atoms with Gasteiger partial charge in [0, 0.05) is 13.1 Å². The Kier molecular flexibility index (Phi) is 4.45. The van der Waals surface area contributed by atoms with Crippen molar-refractivity contribution >= 4 is 22.9 Å². The Labute approximate surface area is 112 Å². The highest BCUT2D eigenvalue weighted by Gasteiger charge is 2.35. The van der Waals surface area contributed by atoms with Gasteiger partial charge in [-0.3, -0.25) is 14.5 Å². The van der Waals surface area contributed by atoms with Crippen LogP contribution in [0.25, 0.3) is 0 Å². The minimum Gasteiger partial charge on any atom is -0.329 e. The van der Waals surface area contributed by atoms with E-state index >= 15 is 0 Å². The Hall–Kier alpha value is -0.810. The van der Waals surface area contributed by atoms with Gasteiger partial charge < -0.3 is 5.73 Å². The van der Waals surface area contributed by atoms with Crippen LogP contribution in [-0.2, 0) is 4.79 Å². The normalized spacial score (nSPS) is 31.4. The average Bonchev–Trinajstić information content (AvgIpc) is 2.57. The van der Waals surface area contributed by atoms with Gasteiger partial charge in [0.25, 0.3) is 11.1 Å². The van der Waals surface area contributed by atoms with Crippen LogP contribution in [0.4, 0.5) is 4.79 Å². The number of carbonyl (C=O) groups excluding carboxylic acids is 2. The number of carbonyl (C=O) groups is 2. The summed E-state index contributed by atoms with van der Waals surface area (Å²) in [6.45, 7) is 2.90. The summed E-state index contributed by atoms with van der Waals surface area (Å²) in [5, 5.41) is -0.180. The monoisotopic (exact) mass is 268 g/mol. The first-order valence-electron chi connectivity index (χ1n) is 6.57. The highest BCUT2D eigenvalue weighted by atomic mass is 32.2. The lowest BCUT2D eigenvalue weighted by atomic mass is 9.82. The molecule has 4 nitrogen and oxygen atoms in total. The molecule has 0 spiro atoms. The van der Waals surface area contributed by atoms with E-state index < -0.39 is 0 Å². The van der Waals surface area contributed by atoms with E-state index in [-0.39, 0.29) is 11.1 Å². The van der Waals surface area contributed by atoms with Gasteiger partial charge in [0.05, 0.1) is 4.91 Å². The van der Waals surface area contributed by atoms with Crippen molar-refractivity contribution < 1.29 is 9.59 Å². The third kappa shape index (κ3) is 2.95. The third-order valence-electron chi connectivity index (χ3n) is 3.59. The zero-order chi connectivity index (χ0) is 13.1. The van der Waals surface area contributed by atoms with Gasteiger partial charge in [-0.05, 0) is 36.4 Å². The van der Waals surface area contributed by atoms with E-state index in [2.05, 4.69) is 6.92 Å². The zero-order valence-electron chi connectivity index (χ0n) is 10.7. The van der Waals surface area contributed by atoms with Gasteiger partial charge in [0.2, 0.25) is 0 Å². The first-order valence-corrected chi connectivity index (χ1v) is 7.39. The summed E-state index contributed by atoms with van der Waals surface area (Å²) in [5.41, 5.74) is 5.41. The molecule has 0 bridgehead atoms. The quantitative estimate of drug-likeness (QED) is 0.798. The Morgan fingerprint density at radius 2 is 2.22 bits per heavy atom. The Bertz CT molecular complexity index is 381. The Balaban J connectivity index is 2.05. The van der Waals surface area contributed by atoms with E-state index in [0.717, 1.165) is 30.5 Å². The van der Waals surface area contributed by atoms with Crippen LogP contribution in [-0.4, -0.2) is 29.1 Å². The summed E-state index contributed by atoms with van der Waals surface area (Å²) < 4.78 is 0. The third-order valence-corrected chi connectivity index (χ3v) is 4.52. The molecule has 2 fully saturated rings. The minimum absolute atomic E-state index is 0.159. The summed E-state index contributed by atoms with van der Waals surface area (Å²) in [6, 6.07) is 0. The van der Waals surface area contributed by atoms with Crippen molar-refractivity contribution in [1.82, 2.24) is 4.90 Å².